The van der Waals surface area contributed by atoms with E-state index < -0.39 is 6.09 Å². The molecule has 0 heterocycles. The van der Waals surface area contributed by atoms with Gasteiger partial charge in [-0.1, -0.05) is 41.9 Å². The second-order valence-electron chi connectivity index (χ2n) is 4.81. The number of rotatable bonds is 8. The molecule has 0 spiro atoms. The Hall–Kier alpha value is -2.24. The second-order valence-corrected chi connectivity index (χ2v) is 5.25. The zero-order valence-electron chi connectivity index (χ0n) is 12.5. The van der Waals surface area contributed by atoms with Crippen molar-refractivity contribution in [2.45, 2.75) is 13.0 Å². The fourth-order valence-electron chi connectivity index (χ4n) is 1.94. The van der Waals surface area contributed by atoms with Gasteiger partial charge >= 0.3 is 6.09 Å². The van der Waals surface area contributed by atoms with Gasteiger partial charge in [0.25, 0.3) is 0 Å². The summed E-state index contributed by atoms with van der Waals surface area (Å²) in [5.41, 5.74) is 1.49. The zero-order valence-corrected chi connectivity index (χ0v) is 13.3. The number of carboxylic acid groups (broad SMARTS) is 1. The van der Waals surface area contributed by atoms with Crippen LogP contribution < -0.4 is 10.1 Å². The lowest BCUT2D eigenvalue weighted by molar-refractivity contribution is 0.107. The Morgan fingerprint density at radius 3 is 2.65 bits per heavy atom. The molecule has 0 aliphatic heterocycles. The van der Waals surface area contributed by atoms with Crippen molar-refractivity contribution in [2.75, 3.05) is 18.5 Å². The highest BCUT2D eigenvalue weighted by atomic mass is 35.5. The van der Waals surface area contributed by atoms with E-state index in [1.54, 1.807) is 18.2 Å². The Bertz CT molecular complexity index is 634. The van der Waals surface area contributed by atoms with Gasteiger partial charge in [-0.2, -0.15) is 0 Å². The third-order valence-electron chi connectivity index (χ3n) is 2.99. The van der Waals surface area contributed by atoms with Crippen molar-refractivity contribution in [1.29, 1.82) is 0 Å². The molecule has 0 fully saturated rings. The van der Waals surface area contributed by atoms with Crippen LogP contribution in [0.2, 0.25) is 5.02 Å². The van der Waals surface area contributed by atoms with Gasteiger partial charge in [-0.05, 0) is 17.7 Å². The molecule has 2 rings (SSSR count). The van der Waals surface area contributed by atoms with Gasteiger partial charge in [0.2, 0.25) is 0 Å². The largest absolute Gasteiger partial charge is 0.491 e. The average Bonchev–Trinajstić information content (AvgIpc) is 2.53. The van der Waals surface area contributed by atoms with Gasteiger partial charge in [-0.25, -0.2) is 4.79 Å². The summed E-state index contributed by atoms with van der Waals surface area (Å²) in [5.74, 6) is 0.406. The van der Waals surface area contributed by atoms with E-state index in [4.69, 9.17) is 26.2 Å². The van der Waals surface area contributed by atoms with Crippen molar-refractivity contribution >= 4 is 23.4 Å². The van der Waals surface area contributed by atoms with Gasteiger partial charge in [0.15, 0.2) is 0 Å². The number of ether oxygens (including phenoxy) is 2. The Morgan fingerprint density at radius 2 is 1.91 bits per heavy atom. The van der Waals surface area contributed by atoms with Crippen LogP contribution in [0.3, 0.4) is 0 Å². The predicted molar refractivity (Wildman–Crippen MR) is 89.3 cm³/mol. The average molecular weight is 336 g/mol. The number of halogens is 1. The van der Waals surface area contributed by atoms with Crippen molar-refractivity contribution in [2.24, 2.45) is 0 Å². The smallest absolute Gasteiger partial charge is 0.409 e. The molecule has 2 aromatic carbocycles. The fraction of sp³-hybridized carbons (Fsp3) is 0.235. The molecule has 0 bridgehead atoms. The standard InChI is InChI=1S/C17H18ClNO4/c18-14-7-8-15(19-17(20)21)16(11-14)23-10-4-9-22-12-13-5-2-1-3-6-13/h1-3,5-8,11,19H,4,9-10,12H2,(H,20,21). The molecule has 2 N–H and O–H groups in total. The normalized spacial score (nSPS) is 10.3. The molecule has 0 saturated heterocycles. The summed E-state index contributed by atoms with van der Waals surface area (Å²) in [4.78, 5) is 10.7. The highest BCUT2D eigenvalue weighted by Crippen LogP contribution is 2.28. The highest BCUT2D eigenvalue weighted by Gasteiger charge is 2.07. The Labute approximate surface area is 139 Å². The molecule has 1 amide bonds. The van der Waals surface area contributed by atoms with Crippen molar-refractivity contribution < 1.29 is 19.4 Å². The van der Waals surface area contributed by atoms with E-state index in [-0.39, 0.29) is 0 Å². The summed E-state index contributed by atoms with van der Waals surface area (Å²) in [6.07, 6.45) is -0.463. The van der Waals surface area contributed by atoms with Gasteiger partial charge in [0, 0.05) is 17.5 Å². The molecule has 0 unspecified atom stereocenters. The number of nitrogens with one attached hydrogen (secondary N) is 1. The van der Waals surface area contributed by atoms with E-state index in [1.807, 2.05) is 30.3 Å². The van der Waals surface area contributed by atoms with Crippen LogP contribution in [0.25, 0.3) is 0 Å². The van der Waals surface area contributed by atoms with Crippen LogP contribution >= 0.6 is 11.6 Å². The maximum Gasteiger partial charge on any atom is 0.409 e. The first kappa shape index (κ1) is 17.1. The van der Waals surface area contributed by atoms with Crippen LogP contribution in [-0.4, -0.2) is 24.4 Å². The van der Waals surface area contributed by atoms with Crippen LogP contribution in [-0.2, 0) is 11.3 Å². The Balaban J connectivity index is 1.73. The Morgan fingerprint density at radius 1 is 1.13 bits per heavy atom. The topological polar surface area (TPSA) is 67.8 Å². The lowest BCUT2D eigenvalue weighted by Crippen LogP contribution is -2.10. The molecule has 0 atom stereocenters. The minimum absolute atomic E-state index is 0.368. The third-order valence-corrected chi connectivity index (χ3v) is 3.22. The molecule has 23 heavy (non-hydrogen) atoms. The van der Waals surface area contributed by atoms with Gasteiger partial charge in [0.1, 0.15) is 5.75 Å². The summed E-state index contributed by atoms with van der Waals surface area (Å²) in [7, 11) is 0. The van der Waals surface area contributed by atoms with Crippen molar-refractivity contribution in [3.63, 3.8) is 0 Å². The van der Waals surface area contributed by atoms with Crippen LogP contribution in [0, 0.1) is 0 Å². The summed E-state index contributed by atoms with van der Waals surface area (Å²) in [5, 5.41) is 11.5. The van der Waals surface area contributed by atoms with Gasteiger partial charge in [-0.3, -0.25) is 5.32 Å². The van der Waals surface area contributed by atoms with Crippen molar-refractivity contribution in [3.05, 3.63) is 59.1 Å². The minimum atomic E-state index is -1.15. The van der Waals surface area contributed by atoms with Crippen molar-refractivity contribution in [1.82, 2.24) is 0 Å². The highest BCUT2D eigenvalue weighted by molar-refractivity contribution is 6.30. The van der Waals surface area contributed by atoms with E-state index in [0.29, 0.717) is 42.7 Å². The lowest BCUT2D eigenvalue weighted by atomic mass is 10.2. The van der Waals surface area contributed by atoms with E-state index in [0.717, 1.165) is 5.56 Å². The van der Waals surface area contributed by atoms with Gasteiger partial charge in [0.05, 0.1) is 25.5 Å². The summed E-state index contributed by atoms with van der Waals surface area (Å²) in [6.45, 7) is 1.52. The number of hydrogen-bond donors (Lipinski definition) is 2. The van der Waals surface area contributed by atoms with Crippen LogP contribution in [0.15, 0.2) is 48.5 Å². The molecule has 0 aliphatic rings. The van der Waals surface area contributed by atoms with Crippen LogP contribution in [0.1, 0.15) is 12.0 Å². The van der Waals surface area contributed by atoms with Crippen molar-refractivity contribution in [3.8, 4) is 5.75 Å². The fourth-order valence-corrected chi connectivity index (χ4v) is 2.10. The summed E-state index contributed by atoms with van der Waals surface area (Å²) in [6, 6.07) is 14.7. The molecule has 0 aliphatic carbocycles. The first-order chi connectivity index (χ1) is 11.1. The SMILES string of the molecule is O=C(O)Nc1ccc(Cl)cc1OCCCOCc1ccccc1. The molecule has 6 heteroatoms. The molecular formula is C17H18ClNO4. The number of hydrogen-bond acceptors (Lipinski definition) is 3. The number of carbonyl (C=O) groups is 1. The first-order valence-electron chi connectivity index (χ1n) is 7.19. The summed E-state index contributed by atoms with van der Waals surface area (Å²) >= 11 is 5.90. The number of amides is 1. The second kappa shape index (κ2) is 9.02. The predicted octanol–water partition coefficient (Wildman–Crippen LogP) is 4.42. The monoisotopic (exact) mass is 335 g/mol. The maximum atomic E-state index is 10.7. The van der Waals surface area contributed by atoms with E-state index >= 15 is 0 Å². The van der Waals surface area contributed by atoms with E-state index in [2.05, 4.69) is 5.32 Å². The van der Waals surface area contributed by atoms with Gasteiger partial charge in [-0.15, -0.1) is 0 Å². The van der Waals surface area contributed by atoms with Crippen LogP contribution in [0.4, 0.5) is 10.5 Å². The molecule has 0 radical (unpaired) electrons. The molecule has 2 aromatic rings. The molecule has 0 aromatic heterocycles. The first-order valence-corrected chi connectivity index (χ1v) is 7.57. The lowest BCUT2D eigenvalue weighted by Gasteiger charge is -2.11. The minimum Gasteiger partial charge on any atom is -0.491 e. The number of benzene rings is 2. The third kappa shape index (κ3) is 6.18. The van der Waals surface area contributed by atoms with Crippen LogP contribution in [0.5, 0.6) is 5.75 Å². The Kier molecular flexibility index (Phi) is 6.72. The zero-order chi connectivity index (χ0) is 16.5. The molecule has 122 valence electrons. The van der Waals surface area contributed by atoms with E-state index in [1.165, 1.54) is 0 Å². The molecule has 5 nitrogen and oxygen atoms in total. The summed E-state index contributed by atoms with van der Waals surface area (Å²) < 4.78 is 11.1. The number of anilines is 1. The quantitative estimate of drug-likeness (QED) is 0.701. The maximum absolute atomic E-state index is 10.7. The van der Waals surface area contributed by atoms with Gasteiger partial charge < -0.3 is 14.6 Å². The van der Waals surface area contributed by atoms with E-state index in [9.17, 15) is 4.79 Å². The molecule has 0 saturated carbocycles. The molecular weight excluding hydrogens is 318 g/mol.